The molecule has 1 aliphatic carbocycles. The molecular weight excluding hydrogens is 442 g/mol. The van der Waals surface area contributed by atoms with E-state index in [1.54, 1.807) is 30.3 Å². The number of benzene rings is 1. The first-order valence-electron chi connectivity index (χ1n) is 11.7. The second-order valence-corrected chi connectivity index (χ2v) is 8.61. The minimum absolute atomic E-state index is 0.229. The van der Waals surface area contributed by atoms with Crippen molar-refractivity contribution < 1.29 is 14.6 Å². The predicted octanol–water partition coefficient (Wildman–Crippen LogP) is 5.53. The van der Waals surface area contributed by atoms with Crippen LogP contribution in [0.15, 0.2) is 54.9 Å². The maximum atomic E-state index is 12.2. The molecule has 2 N–H and O–H groups in total. The van der Waals surface area contributed by atoms with E-state index in [4.69, 9.17) is 9.84 Å². The molecule has 1 aliphatic rings. The van der Waals surface area contributed by atoms with E-state index in [-0.39, 0.29) is 5.56 Å². The number of carboxylic acid groups (broad SMARTS) is 1. The topological polar surface area (TPSA) is 102 Å². The molecule has 0 spiro atoms. The van der Waals surface area contributed by atoms with Gasteiger partial charge in [-0.3, -0.25) is 4.98 Å². The highest BCUT2D eigenvalue weighted by molar-refractivity contribution is 5.96. The molecule has 35 heavy (non-hydrogen) atoms. The summed E-state index contributed by atoms with van der Waals surface area (Å²) < 4.78 is 7.37. The molecule has 1 aromatic carbocycles. The monoisotopic (exact) mass is 469 g/mol. The first-order chi connectivity index (χ1) is 17.0. The van der Waals surface area contributed by atoms with Crippen LogP contribution in [0.3, 0.4) is 0 Å². The average molecular weight is 470 g/mol. The number of aromatic carboxylic acids is 1. The number of rotatable bonds is 8. The Morgan fingerprint density at radius 2 is 1.94 bits per heavy atom. The second-order valence-electron chi connectivity index (χ2n) is 8.61. The van der Waals surface area contributed by atoms with Crippen molar-refractivity contribution in [3.05, 3.63) is 77.4 Å². The van der Waals surface area contributed by atoms with Gasteiger partial charge in [0, 0.05) is 18.0 Å². The van der Waals surface area contributed by atoms with Crippen molar-refractivity contribution in [1.29, 1.82) is 0 Å². The lowest BCUT2D eigenvalue weighted by molar-refractivity contribution is 0.0698. The van der Waals surface area contributed by atoms with Crippen LogP contribution >= 0.6 is 0 Å². The molecule has 3 heterocycles. The van der Waals surface area contributed by atoms with Crippen molar-refractivity contribution in [1.82, 2.24) is 19.7 Å². The summed E-state index contributed by atoms with van der Waals surface area (Å²) in [4.78, 5) is 21.1. The van der Waals surface area contributed by atoms with Gasteiger partial charge in [0.2, 0.25) is 5.88 Å². The molecule has 8 nitrogen and oxygen atoms in total. The van der Waals surface area contributed by atoms with Gasteiger partial charge in [-0.2, -0.15) is 5.10 Å². The minimum atomic E-state index is -0.977. The Kier molecular flexibility index (Phi) is 5.94. The van der Waals surface area contributed by atoms with Crippen LogP contribution in [0.5, 0.6) is 5.88 Å². The fraction of sp³-hybridized carbons (Fsp3) is 0.259. The number of nitrogens with one attached hydrogen (secondary N) is 1. The van der Waals surface area contributed by atoms with E-state index < -0.39 is 5.97 Å². The quantitative estimate of drug-likeness (QED) is 0.350. The molecule has 0 radical (unpaired) electrons. The van der Waals surface area contributed by atoms with E-state index in [9.17, 15) is 9.90 Å². The van der Waals surface area contributed by atoms with Crippen LogP contribution in [-0.4, -0.2) is 37.9 Å². The Labute approximate surface area is 203 Å². The number of hydrogen-bond acceptors (Lipinski definition) is 6. The van der Waals surface area contributed by atoms with Crippen molar-refractivity contribution >= 4 is 17.5 Å². The van der Waals surface area contributed by atoms with E-state index >= 15 is 0 Å². The van der Waals surface area contributed by atoms with Crippen molar-refractivity contribution in [3.8, 4) is 22.7 Å². The first-order valence-corrected chi connectivity index (χ1v) is 11.7. The highest BCUT2D eigenvalue weighted by atomic mass is 16.5. The molecule has 0 aliphatic heterocycles. The van der Waals surface area contributed by atoms with Gasteiger partial charge in [0.15, 0.2) is 0 Å². The fourth-order valence-electron chi connectivity index (χ4n) is 4.37. The van der Waals surface area contributed by atoms with Gasteiger partial charge in [-0.15, -0.1) is 0 Å². The molecule has 0 amide bonds. The smallest absolute Gasteiger partial charge is 0.337 e. The minimum Gasteiger partial charge on any atom is -0.481 e. The Morgan fingerprint density at radius 3 is 2.63 bits per heavy atom. The number of methoxy groups -OCH3 is 1. The van der Waals surface area contributed by atoms with Crippen molar-refractivity contribution in [2.45, 2.75) is 39.0 Å². The third kappa shape index (κ3) is 4.23. The summed E-state index contributed by atoms with van der Waals surface area (Å²) in [5.41, 5.74) is 5.79. The Balaban J connectivity index is 1.75. The summed E-state index contributed by atoms with van der Waals surface area (Å²) in [6.07, 6.45) is 6.27. The first kappa shape index (κ1) is 22.6. The summed E-state index contributed by atoms with van der Waals surface area (Å²) >= 11 is 0. The molecule has 0 atom stereocenters. The zero-order valence-corrected chi connectivity index (χ0v) is 19.9. The number of carboxylic acids is 1. The fourth-order valence-corrected chi connectivity index (χ4v) is 4.37. The molecule has 5 rings (SSSR count). The Bertz CT molecular complexity index is 1410. The SMILES string of the molecule is CCc1nn(-c2cccnc2C)c(Nc2ccc(C3CC3)cc2C(=O)O)c1-c1cccnc1OC. The highest BCUT2D eigenvalue weighted by Crippen LogP contribution is 2.43. The summed E-state index contributed by atoms with van der Waals surface area (Å²) in [5.74, 6) is 0.573. The number of anilines is 2. The largest absolute Gasteiger partial charge is 0.481 e. The van der Waals surface area contributed by atoms with Gasteiger partial charge in [-0.05, 0) is 74.1 Å². The average Bonchev–Trinajstić information content (AvgIpc) is 3.66. The number of carbonyl (C=O) groups is 1. The van der Waals surface area contributed by atoms with Gasteiger partial charge >= 0.3 is 5.97 Å². The third-order valence-corrected chi connectivity index (χ3v) is 6.31. The van der Waals surface area contributed by atoms with Crippen LogP contribution in [-0.2, 0) is 6.42 Å². The lowest BCUT2D eigenvalue weighted by Crippen LogP contribution is -2.09. The van der Waals surface area contributed by atoms with Crippen LogP contribution in [0.2, 0.25) is 0 Å². The molecular formula is C27H27N5O3. The summed E-state index contributed by atoms with van der Waals surface area (Å²) in [5, 5.41) is 18.4. The van der Waals surface area contributed by atoms with Gasteiger partial charge in [-0.1, -0.05) is 13.0 Å². The third-order valence-electron chi connectivity index (χ3n) is 6.31. The lowest BCUT2D eigenvalue weighted by atomic mass is 10.0. The second kappa shape index (κ2) is 9.21. The number of ether oxygens (including phenoxy) is 1. The molecule has 0 bridgehead atoms. The number of aryl methyl sites for hydroxylation is 2. The van der Waals surface area contributed by atoms with Gasteiger partial charge < -0.3 is 15.2 Å². The lowest BCUT2D eigenvalue weighted by Gasteiger charge is -2.16. The molecule has 1 fully saturated rings. The molecule has 0 unspecified atom stereocenters. The zero-order chi connectivity index (χ0) is 24.5. The van der Waals surface area contributed by atoms with Gasteiger partial charge in [0.1, 0.15) is 5.82 Å². The van der Waals surface area contributed by atoms with Crippen LogP contribution in [0.25, 0.3) is 16.8 Å². The summed E-state index contributed by atoms with van der Waals surface area (Å²) in [6, 6.07) is 13.2. The van der Waals surface area contributed by atoms with E-state index in [0.29, 0.717) is 29.7 Å². The van der Waals surface area contributed by atoms with E-state index in [0.717, 1.165) is 46.6 Å². The Morgan fingerprint density at radius 1 is 1.17 bits per heavy atom. The Hall–Kier alpha value is -4.20. The van der Waals surface area contributed by atoms with Crippen molar-refractivity contribution in [2.75, 3.05) is 12.4 Å². The molecule has 4 aromatic rings. The molecule has 0 saturated heterocycles. The van der Waals surface area contributed by atoms with Crippen LogP contribution in [0, 0.1) is 6.92 Å². The van der Waals surface area contributed by atoms with Gasteiger partial charge in [0.25, 0.3) is 0 Å². The maximum absolute atomic E-state index is 12.2. The number of hydrogen-bond donors (Lipinski definition) is 2. The van der Waals surface area contributed by atoms with Crippen molar-refractivity contribution in [2.24, 2.45) is 0 Å². The normalized spacial score (nSPS) is 13.0. The van der Waals surface area contributed by atoms with E-state index in [1.807, 2.05) is 50.2 Å². The molecule has 178 valence electrons. The number of aromatic nitrogens is 4. The van der Waals surface area contributed by atoms with Gasteiger partial charge in [-0.25, -0.2) is 14.5 Å². The number of pyridine rings is 2. The maximum Gasteiger partial charge on any atom is 0.337 e. The van der Waals surface area contributed by atoms with E-state index in [1.165, 1.54) is 0 Å². The molecule has 8 heteroatoms. The van der Waals surface area contributed by atoms with Crippen molar-refractivity contribution in [3.63, 3.8) is 0 Å². The van der Waals surface area contributed by atoms with Crippen LogP contribution in [0.4, 0.5) is 11.5 Å². The van der Waals surface area contributed by atoms with Crippen LogP contribution in [0.1, 0.15) is 53.0 Å². The molecule has 3 aromatic heterocycles. The van der Waals surface area contributed by atoms with E-state index in [2.05, 4.69) is 15.3 Å². The summed E-state index contributed by atoms with van der Waals surface area (Å²) in [6.45, 7) is 3.95. The molecule has 1 saturated carbocycles. The standard InChI is InChI=1S/C27H27N5O3/c1-4-21-24(19-7-5-14-29-26(19)35-3)25(32(31-21)23-8-6-13-28-16(23)2)30-22-12-11-18(17-9-10-17)15-20(22)27(33)34/h5-8,11-15,17,30H,4,9-10H2,1-3H3,(H,33,34). The number of nitrogens with zero attached hydrogens (tertiary/aromatic N) is 4. The predicted molar refractivity (Wildman–Crippen MR) is 134 cm³/mol. The highest BCUT2D eigenvalue weighted by Gasteiger charge is 2.27. The zero-order valence-electron chi connectivity index (χ0n) is 19.9. The van der Waals surface area contributed by atoms with Crippen LogP contribution < -0.4 is 10.1 Å². The van der Waals surface area contributed by atoms with Gasteiger partial charge in [0.05, 0.1) is 41.0 Å². The summed E-state index contributed by atoms with van der Waals surface area (Å²) in [7, 11) is 1.58.